The van der Waals surface area contributed by atoms with Gasteiger partial charge in [0.25, 0.3) is 6.71 Å². The molecule has 0 N–H and O–H groups in total. The van der Waals surface area contributed by atoms with Crippen LogP contribution in [0.4, 0.5) is 34.1 Å². The second kappa shape index (κ2) is 12.9. The topological polar surface area (TPSA) is 43.4 Å². The predicted molar refractivity (Wildman–Crippen MR) is 254 cm³/mol. The number of hydrogen-bond acceptors (Lipinski definition) is 8. The van der Waals surface area contributed by atoms with E-state index in [1.807, 2.05) is 22.7 Å². The molecule has 6 nitrogen and oxygen atoms in total. The highest BCUT2D eigenvalue weighted by Crippen LogP contribution is 2.55. The number of nitrogens with zero attached hydrogens (tertiary/aromatic N) is 2. The molecule has 0 unspecified atom stereocenters. The third kappa shape index (κ3) is 5.37. The molecule has 11 rings (SSSR count). The summed E-state index contributed by atoms with van der Waals surface area (Å²) >= 11 is 3.92. The highest BCUT2D eigenvalue weighted by atomic mass is 32.1. The van der Waals surface area contributed by atoms with Gasteiger partial charge in [-0.25, -0.2) is 0 Å². The van der Waals surface area contributed by atoms with Crippen LogP contribution in [0.25, 0.3) is 20.2 Å². The number of thiophene rings is 2. The van der Waals surface area contributed by atoms with Crippen LogP contribution in [0.2, 0.25) is 0 Å². The molecule has 2 aromatic heterocycles. The van der Waals surface area contributed by atoms with Gasteiger partial charge in [-0.15, -0.1) is 22.7 Å². The molecule has 6 heterocycles. The highest BCUT2D eigenvalue weighted by molar-refractivity contribution is 7.40. The summed E-state index contributed by atoms with van der Waals surface area (Å²) in [4.78, 5) is 5.20. The fraction of sp³-hybridized carbons (Fsp3) is 0.333. The molecule has 60 heavy (non-hydrogen) atoms. The van der Waals surface area contributed by atoms with Crippen LogP contribution in [-0.2, 0) is 10.8 Å². The SMILES string of the molecule is Cc1cc2c3c(c1)N(c1c(C)cc4c(c1C)OCCO4)c1c(sc4ccc(C(C)(C)C)cc14)B3c1sc3ccc(C(C)(C)C)cc3c1N2c1c(C)cc2c(c1C)OCCO2. The first-order chi connectivity index (χ1) is 28.6. The predicted octanol–water partition coefficient (Wildman–Crippen LogP) is 11.9. The maximum atomic E-state index is 6.43. The molecule has 0 saturated carbocycles. The first kappa shape index (κ1) is 37.9. The summed E-state index contributed by atoms with van der Waals surface area (Å²) in [7, 11) is 0. The molecule has 304 valence electrons. The Bertz CT molecular complexity index is 2810. The van der Waals surface area contributed by atoms with Crippen LogP contribution in [0.3, 0.4) is 0 Å². The second-order valence-corrected chi connectivity index (χ2v) is 21.4. The summed E-state index contributed by atoms with van der Waals surface area (Å²) in [5.74, 6) is 3.33. The first-order valence-electron chi connectivity index (χ1n) is 21.3. The molecule has 7 aromatic rings. The summed E-state index contributed by atoms with van der Waals surface area (Å²) in [6.45, 7) is 27.3. The number of anilines is 6. The number of hydrogen-bond donors (Lipinski definition) is 0. The standard InChI is InChI=1S/C51H51BN2O4S2/c1-26-20-35-41-36(21-26)54(43-28(3)23-38-47(30(43)5)58-19-17-56-38)45-34-25-32(51(9,10)11)13-15-40(34)60-49(45)52(41)48-44(33-24-31(50(6,7)8)12-14-39(33)59-48)53(35)42-27(2)22-37-46(29(42)4)57-18-16-55-37/h12-15,20-25H,16-19H2,1-11H3. The van der Waals surface area contributed by atoms with Crippen molar-refractivity contribution in [1.82, 2.24) is 0 Å². The monoisotopic (exact) mass is 830 g/mol. The van der Waals surface area contributed by atoms with Crippen LogP contribution in [0.1, 0.15) is 80.5 Å². The molecular weight excluding hydrogens is 780 g/mol. The number of rotatable bonds is 2. The van der Waals surface area contributed by atoms with Gasteiger partial charge in [-0.3, -0.25) is 0 Å². The van der Waals surface area contributed by atoms with E-state index in [-0.39, 0.29) is 17.5 Å². The van der Waals surface area contributed by atoms with E-state index in [1.54, 1.807) is 0 Å². The Labute approximate surface area is 361 Å². The maximum absolute atomic E-state index is 6.43. The summed E-state index contributed by atoms with van der Waals surface area (Å²) in [6.07, 6.45) is 0. The van der Waals surface area contributed by atoms with Crippen molar-refractivity contribution in [3.05, 3.63) is 99.6 Å². The van der Waals surface area contributed by atoms with Gasteiger partial charge in [-0.2, -0.15) is 0 Å². The first-order valence-corrected chi connectivity index (χ1v) is 22.9. The number of benzene rings is 5. The van der Waals surface area contributed by atoms with E-state index in [9.17, 15) is 0 Å². The molecule has 0 radical (unpaired) electrons. The lowest BCUT2D eigenvalue weighted by atomic mass is 9.39. The van der Waals surface area contributed by atoms with Crippen molar-refractivity contribution in [2.24, 2.45) is 0 Å². The van der Waals surface area contributed by atoms with E-state index in [0.29, 0.717) is 26.4 Å². The fourth-order valence-corrected chi connectivity index (χ4v) is 12.8. The molecule has 0 saturated heterocycles. The lowest BCUT2D eigenvalue weighted by Gasteiger charge is -2.44. The number of aryl methyl sites for hydroxylation is 3. The van der Waals surface area contributed by atoms with Crippen molar-refractivity contribution in [2.75, 3.05) is 36.2 Å². The molecule has 4 aliphatic heterocycles. The molecule has 5 aromatic carbocycles. The van der Waals surface area contributed by atoms with Gasteiger partial charge in [-0.1, -0.05) is 53.7 Å². The third-order valence-electron chi connectivity index (χ3n) is 13.0. The minimum atomic E-state index is -0.0128. The fourth-order valence-electron chi connectivity index (χ4n) is 10.2. The van der Waals surface area contributed by atoms with Gasteiger partial charge in [0.15, 0.2) is 23.0 Å². The van der Waals surface area contributed by atoms with Gasteiger partial charge in [0.2, 0.25) is 0 Å². The van der Waals surface area contributed by atoms with Gasteiger partial charge in [-0.05, 0) is 127 Å². The Morgan fingerprint density at radius 1 is 0.517 bits per heavy atom. The molecule has 0 fully saturated rings. The van der Waals surface area contributed by atoms with E-state index in [1.165, 1.54) is 74.6 Å². The second-order valence-electron chi connectivity index (χ2n) is 19.3. The zero-order valence-electron chi connectivity index (χ0n) is 36.5. The average molecular weight is 831 g/mol. The van der Waals surface area contributed by atoms with Crippen molar-refractivity contribution >= 4 is 98.7 Å². The molecule has 0 bridgehead atoms. The molecule has 0 spiro atoms. The van der Waals surface area contributed by atoms with Gasteiger partial charge in [0, 0.05) is 52.2 Å². The van der Waals surface area contributed by atoms with Gasteiger partial charge in [0.1, 0.15) is 26.4 Å². The lowest BCUT2D eigenvalue weighted by molar-refractivity contribution is 0.170. The average Bonchev–Trinajstić information content (AvgIpc) is 3.77. The summed E-state index contributed by atoms with van der Waals surface area (Å²) < 4.78 is 30.6. The van der Waals surface area contributed by atoms with Gasteiger partial charge in [0.05, 0.1) is 22.7 Å². The van der Waals surface area contributed by atoms with E-state index in [0.717, 1.165) is 56.6 Å². The Kier molecular flexibility index (Phi) is 8.17. The smallest absolute Gasteiger partial charge is 0.277 e. The van der Waals surface area contributed by atoms with Crippen molar-refractivity contribution in [2.45, 2.75) is 87.0 Å². The van der Waals surface area contributed by atoms with Crippen LogP contribution < -0.4 is 43.8 Å². The number of fused-ring (bicyclic) bond motifs is 10. The van der Waals surface area contributed by atoms with Crippen LogP contribution in [0, 0.1) is 34.6 Å². The normalized spacial score (nSPS) is 15.4. The van der Waals surface area contributed by atoms with Crippen molar-refractivity contribution in [1.29, 1.82) is 0 Å². The highest BCUT2D eigenvalue weighted by Gasteiger charge is 2.48. The van der Waals surface area contributed by atoms with Crippen molar-refractivity contribution in [3.63, 3.8) is 0 Å². The zero-order chi connectivity index (χ0) is 41.7. The molecule has 0 aliphatic carbocycles. The molecule has 0 amide bonds. The minimum absolute atomic E-state index is 0.0128. The van der Waals surface area contributed by atoms with Crippen LogP contribution in [-0.4, -0.2) is 33.1 Å². The quantitative estimate of drug-likeness (QED) is 0.162. The Balaban J connectivity index is 1.30. The zero-order valence-corrected chi connectivity index (χ0v) is 38.2. The van der Waals surface area contributed by atoms with Crippen LogP contribution in [0.5, 0.6) is 23.0 Å². The van der Waals surface area contributed by atoms with Gasteiger partial charge >= 0.3 is 0 Å². The molecular formula is C51H51BN2O4S2. The largest absolute Gasteiger partial charge is 0.486 e. The third-order valence-corrected chi connectivity index (χ3v) is 15.5. The Morgan fingerprint density at radius 3 is 1.35 bits per heavy atom. The Hall–Kier alpha value is -5.12. The van der Waals surface area contributed by atoms with E-state index in [2.05, 4.69) is 147 Å². The minimum Gasteiger partial charge on any atom is -0.486 e. The van der Waals surface area contributed by atoms with Crippen molar-refractivity contribution < 1.29 is 18.9 Å². The molecule has 4 aliphatic rings. The Morgan fingerprint density at radius 2 is 0.933 bits per heavy atom. The number of ether oxygens (including phenoxy) is 4. The summed E-state index contributed by atoms with van der Waals surface area (Å²) in [5.41, 5.74) is 17.0. The van der Waals surface area contributed by atoms with Gasteiger partial charge < -0.3 is 28.7 Å². The lowest BCUT2D eigenvalue weighted by Crippen LogP contribution is -2.59. The van der Waals surface area contributed by atoms with Crippen LogP contribution >= 0.6 is 22.7 Å². The van der Waals surface area contributed by atoms with Crippen LogP contribution in [0.15, 0.2) is 60.7 Å². The summed E-state index contributed by atoms with van der Waals surface area (Å²) in [5, 5.41) is 2.59. The molecule has 0 atom stereocenters. The van der Waals surface area contributed by atoms with E-state index in [4.69, 9.17) is 18.9 Å². The van der Waals surface area contributed by atoms with E-state index < -0.39 is 0 Å². The van der Waals surface area contributed by atoms with E-state index >= 15 is 0 Å². The molecule has 9 heteroatoms. The van der Waals surface area contributed by atoms with Crippen molar-refractivity contribution in [3.8, 4) is 23.0 Å². The summed E-state index contributed by atoms with van der Waals surface area (Å²) in [6, 6.07) is 23.6. The maximum Gasteiger partial charge on any atom is 0.277 e.